The van der Waals surface area contributed by atoms with E-state index in [-0.39, 0.29) is 6.04 Å². The highest BCUT2D eigenvalue weighted by Gasteiger charge is 2.20. The zero-order valence-corrected chi connectivity index (χ0v) is 17.0. The summed E-state index contributed by atoms with van der Waals surface area (Å²) < 4.78 is 32.3. The fourth-order valence-electron chi connectivity index (χ4n) is 3.29. The quantitative estimate of drug-likeness (QED) is 0.721. The third kappa shape index (κ3) is 3.35. The molecule has 7 heteroatoms. The smallest absolute Gasteiger partial charge is 0.231 e. The van der Waals surface area contributed by atoms with E-state index in [9.17, 15) is 8.42 Å². The summed E-state index contributed by atoms with van der Waals surface area (Å²) in [7, 11) is -0.120. The zero-order valence-electron chi connectivity index (χ0n) is 16.2. The number of aromatic nitrogens is 1. The van der Waals surface area contributed by atoms with Crippen molar-refractivity contribution >= 4 is 32.3 Å². The van der Waals surface area contributed by atoms with E-state index in [4.69, 9.17) is 10.5 Å². The van der Waals surface area contributed by atoms with Gasteiger partial charge in [0.25, 0.3) is 0 Å². The molecule has 0 spiro atoms. The van der Waals surface area contributed by atoms with Gasteiger partial charge in [-0.3, -0.25) is 4.31 Å². The van der Waals surface area contributed by atoms with Gasteiger partial charge in [-0.25, -0.2) is 8.42 Å². The summed E-state index contributed by atoms with van der Waals surface area (Å²) in [6.45, 7) is 4.21. The average Bonchev–Trinajstić information content (AvgIpc) is 2.92. The number of nitrogen functional groups attached to an aromatic ring is 1. The zero-order chi connectivity index (χ0) is 19.9. The number of nitrogens with zero attached hydrogens (tertiary/aromatic N) is 2. The molecule has 1 heterocycles. The summed E-state index contributed by atoms with van der Waals surface area (Å²) in [5.74, 6) is 0.776. The Labute approximate surface area is 160 Å². The van der Waals surface area contributed by atoms with Gasteiger partial charge < -0.3 is 15.0 Å². The maximum Gasteiger partial charge on any atom is 0.231 e. The molecular weight excluding hydrogens is 362 g/mol. The van der Waals surface area contributed by atoms with Gasteiger partial charge in [-0.15, -0.1) is 0 Å². The molecule has 144 valence electrons. The van der Waals surface area contributed by atoms with E-state index in [1.807, 2.05) is 30.3 Å². The van der Waals surface area contributed by atoms with E-state index in [1.54, 1.807) is 19.2 Å². The molecule has 0 aliphatic heterocycles. The van der Waals surface area contributed by atoms with Gasteiger partial charge in [-0.05, 0) is 38.1 Å². The average molecular weight is 388 g/mol. The van der Waals surface area contributed by atoms with Gasteiger partial charge in [-0.1, -0.05) is 12.1 Å². The molecule has 0 amide bonds. The third-order valence-corrected chi connectivity index (χ3v) is 5.97. The molecule has 3 rings (SSSR count). The highest BCUT2D eigenvalue weighted by atomic mass is 32.2. The maximum atomic E-state index is 11.8. The summed E-state index contributed by atoms with van der Waals surface area (Å²) in [5.41, 5.74) is 10.7. The van der Waals surface area contributed by atoms with Crippen molar-refractivity contribution in [1.29, 1.82) is 0 Å². The fraction of sp³-hybridized carbons (Fsp3) is 0.300. The molecule has 0 fully saturated rings. The first kappa shape index (κ1) is 19.1. The second kappa shape index (κ2) is 6.81. The number of benzene rings is 2. The van der Waals surface area contributed by atoms with Gasteiger partial charge in [0.05, 0.1) is 36.0 Å². The molecule has 2 aromatic carbocycles. The van der Waals surface area contributed by atoms with Gasteiger partial charge in [0.2, 0.25) is 10.0 Å². The highest BCUT2D eigenvalue weighted by molar-refractivity contribution is 7.92. The predicted molar refractivity (Wildman–Crippen MR) is 112 cm³/mol. The van der Waals surface area contributed by atoms with Gasteiger partial charge in [0, 0.05) is 30.1 Å². The summed E-state index contributed by atoms with van der Waals surface area (Å²) in [5, 5.41) is 0.969. The maximum absolute atomic E-state index is 11.8. The SMILES string of the molecule is COc1ccc2c(N)c(-c3ccc(N(C)S(C)(=O)=O)cc3)n(C(C)C)c2c1. The molecule has 0 unspecified atom stereocenters. The van der Waals surface area contributed by atoms with E-state index in [1.165, 1.54) is 17.6 Å². The number of ether oxygens (including phenoxy) is 1. The Morgan fingerprint density at radius 3 is 2.26 bits per heavy atom. The monoisotopic (exact) mass is 387 g/mol. The summed E-state index contributed by atoms with van der Waals surface area (Å²) in [6.07, 6.45) is 1.18. The second-order valence-corrected chi connectivity index (χ2v) is 8.90. The first-order chi connectivity index (χ1) is 12.6. The Hall–Kier alpha value is -2.67. The molecule has 0 saturated carbocycles. The molecule has 6 nitrogen and oxygen atoms in total. The topological polar surface area (TPSA) is 77.6 Å². The van der Waals surface area contributed by atoms with E-state index in [0.29, 0.717) is 11.4 Å². The highest BCUT2D eigenvalue weighted by Crippen LogP contribution is 2.40. The van der Waals surface area contributed by atoms with Crippen LogP contribution in [0.2, 0.25) is 0 Å². The van der Waals surface area contributed by atoms with Crippen molar-refractivity contribution in [3.8, 4) is 17.0 Å². The fourth-order valence-corrected chi connectivity index (χ4v) is 3.80. The van der Waals surface area contributed by atoms with Crippen LogP contribution in [-0.4, -0.2) is 33.4 Å². The lowest BCUT2D eigenvalue weighted by Crippen LogP contribution is -2.24. The Bertz CT molecular complexity index is 1080. The van der Waals surface area contributed by atoms with Gasteiger partial charge in [0.15, 0.2) is 0 Å². The molecule has 0 bridgehead atoms. The first-order valence-electron chi connectivity index (χ1n) is 8.67. The van der Waals surface area contributed by atoms with E-state index in [0.717, 1.165) is 27.9 Å². The van der Waals surface area contributed by atoms with Crippen LogP contribution in [0.15, 0.2) is 42.5 Å². The second-order valence-electron chi connectivity index (χ2n) is 6.89. The lowest BCUT2D eigenvalue weighted by atomic mass is 10.1. The Morgan fingerprint density at radius 1 is 1.11 bits per heavy atom. The van der Waals surface area contributed by atoms with Gasteiger partial charge in [0.1, 0.15) is 5.75 Å². The van der Waals surface area contributed by atoms with Crippen LogP contribution in [0.25, 0.3) is 22.2 Å². The predicted octanol–water partition coefficient (Wildman–Crippen LogP) is 3.88. The van der Waals surface area contributed by atoms with Crippen molar-refractivity contribution in [3.05, 3.63) is 42.5 Å². The van der Waals surface area contributed by atoms with Crippen molar-refractivity contribution in [2.75, 3.05) is 30.5 Å². The van der Waals surface area contributed by atoms with Crippen LogP contribution in [0.5, 0.6) is 5.75 Å². The van der Waals surface area contributed by atoms with E-state index >= 15 is 0 Å². The van der Waals surface area contributed by atoms with Gasteiger partial charge in [-0.2, -0.15) is 0 Å². The van der Waals surface area contributed by atoms with Crippen LogP contribution in [0.3, 0.4) is 0 Å². The van der Waals surface area contributed by atoms with Crippen molar-refractivity contribution in [2.24, 2.45) is 0 Å². The Kier molecular flexibility index (Phi) is 4.82. The molecule has 0 saturated heterocycles. The van der Waals surface area contributed by atoms with Crippen LogP contribution < -0.4 is 14.8 Å². The number of hydrogen-bond acceptors (Lipinski definition) is 4. The van der Waals surface area contributed by atoms with Gasteiger partial charge >= 0.3 is 0 Å². The van der Waals surface area contributed by atoms with Crippen molar-refractivity contribution in [2.45, 2.75) is 19.9 Å². The number of anilines is 2. The standard InChI is InChI=1S/C20H25N3O3S/c1-13(2)23-18-12-16(26-4)10-11-17(18)19(21)20(23)14-6-8-15(9-7-14)22(3)27(5,24)25/h6-13H,21H2,1-5H3. The lowest BCUT2D eigenvalue weighted by molar-refractivity contribution is 0.415. The molecule has 0 atom stereocenters. The number of hydrogen-bond donors (Lipinski definition) is 1. The molecule has 0 aliphatic carbocycles. The molecule has 0 aliphatic rings. The number of rotatable bonds is 5. The van der Waals surface area contributed by atoms with Crippen LogP contribution in [0.1, 0.15) is 19.9 Å². The molecule has 1 aromatic heterocycles. The van der Waals surface area contributed by atoms with Crippen molar-refractivity contribution < 1.29 is 13.2 Å². The van der Waals surface area contributed by atoms with Crippen LogP contribution in [-0.2, 0) is 10.0 Å². The molecule has 3 aromatic rings. The molecular formula is C20H25N3O3S. The van der Waals surface area contributed by atoms with E-state index in [2.05, 4.69) is 18.4 Å². The number of methoxy groups -OCH3 is 1. The summed E-state index contributed by atoms with van der Waals surface area (Å²) in [6, 6.07) is 13.4. The minimum Gasteiger partial charge on any atom is -0.497 e. The number of sulfonamides is 1. The van der Waals surface area contributed by atoms with Crippen LogP contribution >= 0.6 is 0 Å². The summed E-state index contributed by atoms with van der Waals surface area (Å²) >= 11 is 0. The van der Waals surface area contributed by atoms with Crippen molar-refractivity contribution in [3.63, 3.8) is 0 Å². The molecule has 2 N–H and O–H groups in total. The molecule has 27 heavy (non-hydrogen) atoms. The Morgan fingerprint density at radius 2 is 1.74 bits per heavy atom. The normalized spacial score (nSPS) is 11.9. The first-order valence-corrected chi connectivity index (χ1v) is 10.5. The third-order valence-electron chi connectivity index (χ3n) is 4.77. The number of nitrogens with two attached hydrogens (primary N) is 1. The Balaban J connectivity index is 2.19. The van der Waals surface area contributed by atoms with Crippen molar-refractivity contribution in [1.82, 2.24) is 4.57 Å². The van der Waals surface area contributed by atoms with Crippen LogP contribution in [0.4, 0.5) is 11.4 Å². The largest absolute Gasteiger partial charge is 0.497 e. The van der Waals surface area contributed by atoms with E-state index < -0.39 is 10.0 Å². The van der Waals surface area contributed by atoms with Crippen LogP contribution in [0, 0.1) is 0 Å². The minimum atomic E-state index is -3.30. The lowest BCUT2D eigenvalue weighted by Gasteiger charge is -2.18. The summed E-state index contributed by atoms with van der Waals surface area (Å²) in [4.78, 5) is 0. The minimum absolute atomic E-state index is 0.185. The number of fused-ring (bicyclic) bond motifs is 1. The molecule has 0 radical (unpaired) electrons.